The minimum atomic E-state index is -1.39. The number of nitrogens with one attached hydrogen (secondary N) is 2. The van der Waals surface area contributed by atoms with E-state index in [1.165, 1.54) is 0 Å². The van der Waals surface area contributed by atoms with Crippen molar-refractivity contribution in [2.24, 2.45) is 0 Å². The highest BCUT2D eigenvalue weighted by atomic mass is 19.1. The van der Waals surface area contributed by atoms with Crippen molar-refractivity contribution in [3.63, 3.8) is 0 Å². The van der Waals surface area contributed by atoms with E-state index in [0.717, 1.165) is 0 Å². The predicted octanol–water partition coefficient (Wildman–Crippen LogP) is -1.09. The first-order valence-corrected chi connectivity index (χ1v) is 2.32. The molecule has 1 aromatic heterocycles. The fraction of sp³-hybridized carbons (Fsp3) is 0. The van der Waals surface area contributed by atoms with Crippen LogP contribution in [-0.2, 0) is 0 Å². The number of hydrogen-bond donors (Lipinski definition) is 3. The molecule has 1 rings (SSSR count). The topological polar surface area (TPSA) is 85.9 Å². The summed E-state index contributed by atoms with van der Waals surface area (Å²) in [6.45, 7) is 0. The van der Waals surface area contributed by atoms with Gasteiger partial charge in [0, 0.05) is 0 Å². The lowest BCUT2D eigenvalue weighted by molar-refractivity contribution is 0.402. The third-order valence-corrected chi connectivity index (χ3v) is 0.866. The van der Waals surface area contributed by atoms with Crippen LogP contribution in [0.25, 0.3) is 0 Å². The highest BCUT2D eigenvalue weighted by Crippen LogP contribution is 1.99. The molecule has 0 radical (unpaired) electrons. The van der Waals surface area contributed by atoms with Crippen LogP contribution in [0, 0.1) is 5.82 Å². The van der Waals surface area contributed by atoms with Gasteiger partial charge in [0.2, 0.25) is 11.7 Å². The highest BCUT2D eigenvalue weighted by molar-refractivity contribution is 5.05. The van der Waals surface area contributed by atoms with E-state index in [1.54, 1.807) is 9.97 Å². The summed E-state index contributed by atoms with van der Waals surface area (Å²) in [7, 11) is 0. The Hall–Kier alpha value is -1.59. The first kappa shape index (κ1) is 6.53. The van der Waals surface area contributed by atoms with Gasteiger partial charge in [0.05, 0.1) is 0 Å². The fourth-order valence-corrected chi connectivity index (χ4v) is 0.459. The summed E-state index contributed by atoms with van der Waals surface area (Å²) in [6.07, 6.45) is 0. The van der Waals surface area contributed by atoms with Crippen molar-refractivity contribution >= 4 is 0 Å². The van der Waals surface area contributed by atoms with E-state index < -0.39 is 22.9 Å². The van der Waals surface area contributed by atoms with E-state index in [-0.39, 0.29) is 0 Å². The van der Waals surface area contributed by atoms with E-state index in [0.29, 0.717) is 0 Å². The average Bonchev–Trinajstić information content (AvgIpc) is 1.82. The normalized spacial score (nSPS) is 9.70. The van der Waals surface area contributed by atoms with Gasteiger partial charge in [-0.05, 0) is 0 Å². The minimum Gasteiger partial charge on any atom is -0.492 e. The van der Waals surface area contributed by atoms with Crippen LogP contribution < -0.4 is 11.2 Å². The summed E-state index contributed by atoms with van der Waals surface area (Å²) in [4.78, 5) is 23.7. The van der Waals surface area contributed by atoms with Gasteiger partial charge in [0.1, 0.15) is 0 Å². The average molecular weight is 146 g/mol. The zero-order chi connectivity index (χ0) is 7.72. The van der Waals surface area contributed by atoms with Crippen LogP contribution >= 0.6 is 0 Å². The molecule has 1 aromatic rings. The van der Waals surface area contributed by atoms with Gasteiger partial charge in [-0.3, -0.25) is 14.8 Å². The summed E-state index contributed by atoms with van der Waals surface area (Å²) in [5, 5.41) is 8.43. The lowest BCUT2D eigenvalue weighted by atomic mass is 10.6. The van der Waals surface area contributed by atoms with E-state index in [2.05, 4.69) is 0 Å². The monoisotopic (exact) mass is 146 g/mol. The van der Waals surface area contributed by atoms with E-state index in [4.69, 9.17) is 5.11 Å². The van der Waals surface area contributed by atoms with E-state index in [1.807, 2.05) is 0 Å². The third-order valence-electron chi connectivity index (χ3n) is 0.866. The lowest BCUT2D eigenvalue weighted by Gasteiger charge is -1.89. The second kappa shape index (κ2) is 1.98. The van der Waals surface area contributed by atoms with Crippen molar-refractivity contribution in [3.8, 4) is 5.88 Å². The quantitative estimate of drug-likeness (QED) is 0.434. The Bertz CT molecular complexity index is 352. The second-order valence-electron chi connectivity index (χ2n) is 1.57. The summed E-state index contributed by atoms with van der Waals surface area (Å²) in [6, 6.07) is 0. The van der Waals surface area contributed by atoms with Gasteiger partial charge in [0.25, 0.3) is 5.56 Å². The Balaban J connectivity index is 3.62. The molecule has 5 nitrogen and oxygen atoms in total. The Labute approximate surface area is 53.2 Å². The Morgan fingerprint density at radius 2 is 1.90 bits per heavy atom. The van der Waals surface area contributed by atoms with Crippen LogP contribution in [0.2, 0.25) is 0 Å². The van der Waals surface area contributed by atoms with E-state index in [9.17, 15) is 14.0 Å². The molecule has 0 saturated heterocycles. The molecule has 1 heterocycles. The molecule has 0 unspecified atom stereocenters. The Morgan fingerprint density at radius 3 is 2.40 bits per heavy atom. The van der Waals surface area contributed by atoms with Crippen LogP contribution in [0.4, 0.5) is 4.39 Å². The molecule has 10 heavy (non-hydrogen) atoms. The summed E-state index contributed by atoms with van der Waals surface area (Å²) in [5.41, 5.74) is -2.18. The Morgan fingerprint density at radius 1 is 1.30 bits per heavy atom. The molecule has 3 N–H and O–H groups in total. The van der Waals surface area contributed by atoms with Gasteiger partial charge in [-0.1, -0.05) is 0 Å². The van der Waals surface area contributed by atoms with Gasteiger partial charge in [-0.25, -0.2) is 4.79 Å². The van der Waals surface area contributed by atoms with Crippen molar-refractivity contribution in [2.45, 2.75) is 0 Å². The van der Waals surface area contributed by atoms with Gasteiger partial charge in [-0.2, -0.15) is 4.39 Å². The molecule has 0 saturated carbocycles. The maximum atomic E-state index is 12.1. The van der Waals surface area contributed by atoms with Crippen molar-refractivity contribution in [1.82, 2.24) is 9.97 Å². The smallest absolute Gasteiger partial charge is 0.328 e. The van der Waals surface area contributed by atoms with Crippen LogP contribution in [0.1, 0.15) is 0 Å². The molecule has 0 aliphatic rings. The second-order valence-corrected chi connectivity index (χ2v) is 1.57. The molecular weight excluding hydrogens is 143 g/mol. The van der Waals surface area contributed by atoms with Crippen molar-refractivity contribution in [2.75, 3.05) is 0 Å². The van der Waals surface area contributed by atoms with Gasteiger partial charge in [-0.15, -0.1) is 0 Å². The maximum Gasteiger partial charge on any atom is 0.328 e. The van der Waals surface area contributed by atoms with Crippen LogP contribution in [0.5, 0.6) is 5.88 Å². The number of hydrogen-bond acceptors (Lipinski definition) is 3. The van der Waals surface area contributed by atoms with Gasteiger partial charge >= 0.3 is 5.69 Å². The minimum absolute atomic E-state index is 0.941. The zero-order valence-electron chi connectivity index (χ0n) is 4.64. The maximum absolute atomic E-state index is 12.1. The van der Waals surface area contributed by atoms with Gasteiger partial charge in [0.15, 0.2) is 0 Å². The third kappa shape index (κ3) is 0.903. The molecule has 0 fully saturated rings. The first-order chi connectivity index (χ1) is 4.61. The molecule has 0 aliphatic heterocycles. The molecule has 6 heteroatoms. The largest absolute Gasteiger partial charge is 0.492 e. The van der Waals surface area contributed by atoms with E-state index >= 15 is 0 Å². The highest BCUT2D eigenvalue weighted by Gasteiger charge is 2.04. The number of H-pyrrole nitrogens is 2. The zero-order valence-corrected chi connectivity index (χ0v) is 4.64. The number of aromatic nitrogens is 2. The van der Waals surface area contributed by atoms with Crippen molar-refractivity contribution in [1.29, 1.82) is 0 Å². The molecule has 54 valence electrons. The number of aromatic hydroxyl groups is 1. The number of halogens is 1. The summed E-state index contributed by atoms with van der Waals surface area (Å²) < 4.78 is 12.1. The molecule has 0 aliphatic carbocycles. The predicted molar refractivity (Wildman–Crippen MR) is 29.3 cm³/mol. The molecule has 0 bridgehead atoms. The fourth-order valence-electron chi connectivity index (χ4n) is 0.459. The summed E-state index contributed by atoms with van der Waals surface area (Å²) in [5.74, 6) is -2.44. The molecule has 0 aromatic carbocycles. The van der Waals surface area contributed by atoms with Crippen molar-refractivity contribution < 1.29 is 9.50 Å². The SMILES string of the molecule is O=c1[nH]c(O)c(F)c(=O)[nH]1. The van der Waals surface area contributed by atoms with Gasteiger partial charge < -0.3 is 5.11 Å². The standard InChI is InChI=1S/C4H3FN2O3/c5-1-2(8)6-4(10)7-3(1)9/h(H3,6,7,8,9,10). The molecule has 0 atom stereocenters. The van der Waals surface area contributed by atoms with Crippen LogP contribution in [0.3, 0.4) is 0 Å². The molecule has 0 amide bonds. The molecule has 0 spiro atoms. The Kier molecular flexibility index (Phi) is 1.29. The number of aromatic amines is 2. The van der Waals surface area contributed by atoms with Crippen molar-refractivity contribution in [3.05, 3.63) is 26.7 Å². The lowest BCUT2D eigenvalue weighted by Crippen LogP contribution is -2.24. The van der Waals surface area contributed by atoms with Crippen LogP contribution in [-0.4, -0.2) is 15.1 Å². The number of rotatable bonds is 0. The summed E-state index contributed by atoms with van der Waals surface area (Å²) >= 11 is 0. The van der Waals surface area contributed by atoms with Crippen LogP contribution in [0.15, 0.2) is 9.59 Å². The molecular formula is C4H3FN2O3. The first-order valence-electron chi connectivity index (χ1n) is 2.32.